The predicted molar refractivity (Wildman–Crippen MR) is 101 cm³/mol. The van der Waals surface area contributed by atoms with E-state index in [1.165, 1.54) is 0 Å². The first-order valence-electron chi connectivity index (χ1n) is 8.35. The van der Waals surface area contributed by atoms with Crippen LogP contribution in [0.5, 0.6) is 11.5 Å². The van der Waals surface area contributed by atoms with Crippen LogP contribution in [-0.2, 0) is 6.54 Å². The topological polar surface area (TPSA) is 72.7 Å². The molecule has 0 aliphatic rings. The summed E-state index contributed by atoms with van der Waals surface area (Å²) in [5.74, 6) is 3.16. The Morgan fingerprint density at radius 2 is 2.00 bits per heavy atom. The summed E-state index contributed by atoms with van der Waals surface area (Å²) in [7, 11) is 5.00. The van der Waals surface area contributed by atoms with E-state index >= 15 is 0 Å². The van der Waals surface area contributed by atoms with Crippen LogP contribution < -0.4 is 20.1 Å². The number of guanidine groups is 1. The van der Waals surface area contributed by atoms with Crippen LogP contribution in [0.2, 0.25) is 0 Å². The second kappa shape index (κ2) is 9.56. The number of imidazole rings is 1. The number of hydrogen-bond donors (Lipinski definition) is 2. The van der Waals surface area contributed by atoms with Crippen molar-refractivity contribution in [3.63, 3.8) is 0 Å². The molecular weight excluding hydrogens is 318 g/mol. The van der Waals surface area contributed by atoms with E-state index in [0.717, 1.165) is 43.4 Å². The minimum Gasteiger partial charge on any atom is -0.493 e. The van der Waals surface area contributed by atoms with Gasteiger partial charge in [0.25, 0.3) is 0 Å². The van der Waals surface area contributed by atoms with Gasteiger partial charge in [0.2, 0.25) is 0 Å². The largest absolute Gasteiger partial charge is 0.493 e. The number of hydrogen-bond acceptors (Lipinski definition) is 4. The van der Waals surface area contributed by atoms with Crippen molar-refractivity contribution in [1.29, 1.82) is 0 Å². The number of unbranched alkanes of at least 4 members (excludes halogenated alkanes) is 1. The Balaban J connectivity index is 1.78. The van der Waals surface area contributed by atoms with Crippen LogP contribution in [0.1, 0.15) is 18.7 Å². The molecule has 25 heavy (non-hydrogen) atoms. The lowest BCUT2D eigenvalue weighted by Crippen LogP contribution is -2.31. The molecule has 136 valence electrons. The highest BCUT2D eigenvalue weighted by Gasteiger charge is 2.06. The molecule has 2 N–H and O–H groups in total. The molecule has 0 radical (unpaired) electrons. The first-order chi connectivity index (χ1) is 12.2. The molecule has 0 saturated carbocycles. The molecule has 0 aliphatic heterocycles. The highest BCUT2D eigenvalue weighted by Crippen LogP contribution is 2.29. The number of ether oxygens (including phenoxy) is 2. The highest BCUT2D eigenvalue weighted by atomic mass is 16.5. The number of anilines is 1. The maximum absolute atomic E-state index is 5.32. The van der Waals surface area contributed by atoms with Gasteiger partial charge in [0.05, 0.1) is 14.2 Å². The monoisotopic (exact) mass is 345 g/mol. The maximum Gasteiger partial charge on any atom is 0.195 e. The smallest absolute Gasteiger partial charge is 0.195 e. The van der Waals surface area contributed by atoms with Gasteiger partial charge in [-0.2, -0.15) is 0 Å². The van der Waals surface area contributed by atoms with Gasteiger partial charge in [-0.3, -0.25) is 4.99 Å². The molecule has 0 amide bonds. The molecule has 0 spiro atoms. The van der Waals surface area contributed by atoms with E-state index < -0.39 is 0 Å². The Hall–Kier alpha value is -2.70. The second-order valence-corrected chi connectivity index (χ2v) is 5.57. The third-order valence-corrected chi connectivity index (χ3v) is 3.91. The van der Waals surface area contributed by atoms with Gasteiger partial charge in [0.15, 0.2) is 17.5 Å². The van der Waals surface area contributed by atoms with Crippen molar-refractivity contribution >= 4 is 11.6 Å². The quantitative estimate of drug-likeness (QED) is 0.437. The zero-order valence-corrected chi connectivity index (χ0v) is 15.4. The van der Waals surface area contributed by atoms with Crippen molar-refractivity contribution in [3.8, 4) is 11.5 Å². The summed E-state index contributed by atoms with van der Waals surface area (Å²) in [6.45, 7) is 3.85. The molecule has 0 aliphatic carbocycles. The fraction of sp³-hybridized carbons (Fsp3) is 0.444. The fourth-order valence-corrected chi connectivity index (χ4v) is 2.48. The van der Waals surface area contributed by atoms with Crippen molar-refractivity contribution in [2.24, 2.45) is 4.99 Å². The van der Waals surface area contributed by atoms with Gasteiger partial charge in [-0.15, -0.1) is 0 Å². The van der Waals surface area contributed by atoms with Crippen LogP contribution in [-0.4, -0.2) is 43.3 Å². The van der Waals surface area contributed by atoms with Crippen LogP contribution in [0.3, 0.4) is 0 Å². The van der Waals surface area contributed by atoms with Gasteiger partial charge in [0, 0.05) is 44.3 Å². The average Bonchev–Trinajstić information content (AvgIpc) is 3.05. The first-order valence-corrected chi connectivity index (χ1v) is 8.35. The predicted octanol–water partition coefficient (Wildman–Crippen LogP) is 2.68. The Morgan fingerprint density at radius 3 is 2.64 bits per heavy atom. The molecule has 0 fully saturated rings. The standard InChI is InChI=1S/C18H27N5O2/c1-14-20-10-12-23(14)11-6-5-9-21-18(19-2)22-15-7-8-16(24-3)17(13-15)25-4/h7-8,10,12-13H,5-6,9,11H2,1-4H3,(H2,19,21,22). The van der Waals surface area contributed by atoms with E-state index in [1.807, 2.05) is 37.5 Å². The summed E-state index contributed by atoms with van der Waals surface area (Å²) in [4.78, 5) is 8.48. The van der Waals surface area contributed by atoms with Crippen LogP contribution in [0, 0.1) is 6.92 Å². The van der Waals surface area contributed by atoms with Crippen molar-refractivity contribution < 1.29 is 9.47 Å². The van der Waals surface area contributed by atoms with Crippen molar-refractivity contribution in [3.05, 3.63) is 36.4 Å². The Labute approximate surface area is 149 Å². The molecule has 0 bridgehead atoms. The third kappa shape index (κ3) is 5.41. The normalized spacial score (nSPS) is 11.3. The molecule has 0 unspecified atom stereocenters. The molecule has 1 aromatic carbocycles. The Bertz CT molecular complexity index is 697. The minimum absolute atomic E-state index is 0.679. The van der Waals surface area contributed by atoms with E-state index in [2.05, 4.69) is 25.2 Å². The zero-order chi connectivity index (χ0) is 18.1. The highest BCUT2D eigenvalue weighted by molar-refractivity contribution is 5.93. The van der Waals surface area contributed by atoms with Crippen molar-refractivity contribution in [1.82, 2.24) is 14.9 Å². The van der Waals surface area contributed by atoms with Crippen molar-refractivity contribution in [2.45, 2.75) is 26.3 Å². The average molecular weight is 345 g/mol. The van der Waals surface area contributed by atoms with E-state index in [-0.39, 0.29) is 0 Å². The second-order valence-electron chi connectivity index (χ2n) is 5.57. The molecule has 2 aromatic rings. The Kier molecular flexibility index (Phi) is 7.13. The van der Waals surface area contributed by atoms with E-state index in [0.29, 0.717) is 11.5 Å². The summed E-state index contributed by atoms with van der Waals surface area (Å²) < 4.78 is 12.7. The third-order valence-electron chi connectivity index (χ3n) is 3.91. The summed E-state index contributed by atoms with van der Waals surface area (Å²) in [5.41, 5.74) is 0.889. The lowest BCUT2D eigenvalue weighted by molar-refractivity contribution is 0.355. The summed E-state index contributed by atoms with van der Waals surface area (Å²) in [6.07, 6.45) is 5.98. The first kappa shape index (κ1) is 18.6. The van der Waals surface area contributed by atoms with E-state index in [1.54, 1.807) is 21.3 Å². The SMILES string of the molecule is CN=C(NCCCCn1ccnc1C)Nc1ccc(OC)c(OC)c1. The van der Waals surface area contributed by atoms with Gasteiger partial charge < -0.3 is 24.7 Å². The van der Waals surface area contributed by atoms with Gasteiger partial charge in [-0.1, -0.05) is 0 Å². The van der Waals surface area contributed by atoms with Crippen LogP contribution in [0.4, 0.5) is 5.69 Å². The summed E-state index contributed by atoms with van der Waals surface area (Å²) in [6, 6.07) is 5.67. The number of benzene rings is 1. The molecule has 1 aromatic heterocycles. The number of rotatable bonds is 8. The van der Waals surface area contributed by atoms with Gasteiger partial charge in [-0.25, -0.2) is 4.98 Å². The lowest BCUT2D eigenvalue weighted by atomic mass is 10.2. The summed E-state index contributed by atoms with van der Waals surface area (Å²) in [5, 5.41) is 6.58. The lowest BCUT2D eigenvalue weighted by Gasteiger charge is -2.14. The number of nitrogens with zero attached hydrogens (tertiary/aromatic N) is 3. The van der Waals surface area contributed by atoms with Gasteiger partial charge in [0.1, 0.15) is 5.82 Å². The molecule has 0 atom stereocenters. The van der Waals surface area contributed by atoms with Gasteiger partial charge in [-0.05, 0) is 31.9 Å². The fourth-order valence-electron chi connectivity index (χ4n) is 2.48. The molecule has 7 nitrogen and oxygen atoms in total. The number of aryl methyl sites for hydroxylation is 2. The number of aromatic nitrogens is 2. The van der Waals surface area contributed by atoms with E-state index in [4.69, 9.17) is 9.47 Å². The van der Waals surface area contributed by atoms with E-state index in [9.17, 15) is 0 Å². The number of aliphatic imine (C=N–C) groups is 1. The minimum atomic E-state index is 0.679. The van der Waals surface area contributed by atoms with Gasteiger partial charge >= 0.3 is 0 Å². The van der Waals surface area contributed by atoms with Crippen LogP contribution in [0.25, 0.3) is 0 Å². The number of nitrogens with one attached hydrogen (secondary N) is 2. The van der Waals surface area contributed by atoms with Crippen LogP contribution in [0.15, 0.2) is 35.6 Å². The Morgan fingerprint density at radius 1 is 1.20 bits per heavy atom. The molecule has 0 saturated heterocycles. The maximum atomic E-state index is 5.32. The van der Waals surface area contributed by atoms with Crippen molar-refractivity contribution in [2.75, 3.05) is 33.1 Å². The molecule has 2 rings (SSSR count). The molecule has 1 heterocycles. The zero-order valence-electron chi connectivity index (χ0n) is 15.4. The number of methoxy groups -OCH3 is 2. The molecular formula is C18H27N5O2. The van der Waals surface area contributed by atoms with Crippen LogP contribution >= 0.6 is 0 Å². The summed E-state index contributed by atoms with van der Waals surface area (Å²) >= 11 is 0. The molecule has 7 heteroatoms.